The predicted molar refractivity (Wildman–Crippen MR) is 69.8 cm³/mol. The van der Waals surface area contributed by atoms with Gasteiger partial charge in [-0.25, -0.2) is 0 Å². The van der Waals surface area contributed by atoms with Crippen LogP contribution in [0.1, 0.15) is 44.7 Å². The van der Waals surface area contributed by atoms with E-state index in [1.165, 1.54) is 24.8 Å². The van der Waals surface area contributed by atoms with Crippen molar-refractivity contribution in [1.29, 1.82) is 0 Å². The molecule has 1 fully saturated rings. The van der Waals surface area contributed by atoms with Crippen molar-refractivity contribution in [2.45, 2.75) is 45.2 Å². The molecule has 16 heavy (non-hydrogen) atoms. The van der Waals surface area contributed by atoms with Crippen LogP contribution in [0.15, 0.2) is 24.3 Å². The number of nitrogens with one attached hydrogen (secondary N) is 1. The maximum Gasteiger partial charge on any atom is 0.0406 e. The fourth-order valence-corrected chi connectivity index (χ4v) is 2.30. The monoisotopic (exact) mass is 237 g/mol. The average molecular weight is 238 g/mol. The molecule has 1 saturated carbocycles. The van der Waals surface area contributed by atoms with Gasteiger partial charge in [0.15, 0.2) is 0 Å². The van der Waals surface area contributed by atoms with Crippen molar-refractivity contribution in [3.8, 4) is 0 Å². The van der Waals surface area contributed by atoms with Gasteiger partial charge < -0.3 is 5.32 Å². The van der Waals surface area contributed by atoms with Gasteiger partial charge in [0.25, 0.3) is 0 Å². The third-order valence-electron chi connectivity index (χ3n) is 3.42. The van der Waals surface area contributed by atoms with Crippen LogP contribution in [0.2, 0.25) is 5.02 Å². The summed E-state index contributed by atoms with van der Waals surface area (Å²) < 4.78 is 0. The van der Waals surface area contributed by atoms with Crippen molar-refractivity contribution < 1.29 is 0 Å². The standard InChI is InChI=1S/C14H20ClN/c1-10(2)14(16-13-4-3-5-13)11-6-8-12(15)9-7-11/h6-10,13-14,16H,3-5H2,1-2H3. The zero-order valence-electron chi connectivity index (χ0n) is 10.0. The van der Waals surface area contributed by atoms with Crippen molar-refractivity contribution in [2.75, 3.05) is 0 Å². The van der Waals surface area contributed by atoms with Gasteiger partial charge in [0.1, 0.15) is 0 Å². The molecule has 1 aromatic rings. The molecule has 0 saturated heterocycles. The van der Waals surface area contributed by atoms with Crippen LogP contribution in [0.5, 0.6) is 0 Å². The lowest BCUT2D eigenvalue weighted by Crippen LogP contribution is -2.39. The Morgan fingerprint density at radius 1 is 1.19 bits per heavy atom. The van der Waals surface area contributed by atoms with Crippen LogP contribution in [0.4, 0.5) is 0 Å². The van der Waals surface area contributed by atoms with Crippen LogP contribution >= 0.6 is 11.6 Å². The second-order valence-corrected chi connectivity index (χ2v) is 5.50. The highest BCUT2D eigenvalue weighted by atomic mass is 35.5. The normalized spacial score (nSPS) is 18.5. The molecule has 2 heteroatoms. The van der Waals surface area contributed by atoms with Crippen LogP contribution in [0.25, 0.3) is 0 Å². The van der Waals surface area contributed by atoms with E-state index in [1.54, 1.807) is 0 Å². The molecule has 0 heterocycles. The third-order valence-corrected chi connectivity index (χ3v) is 3.67. The van der Waals surface area contributed by atoms with Crippen molar-refractivity contribution in [3.05, 3.63) is 34.9 Å². The Bertz CT molecular complexity index is 327. The van der Waals surface area contributed by atoms with E-state index in [4.69, 9.17) is 11.6 Å². The van der Waals surface area contributed by atoms with E-state index in [-0.39, 0.29) is 0 Å². The van der Waals surface area contributed by atoms with Gasteiger partial charge >= 0.3 is 0 Å². The second-order valence-electron chi connectivity index (χ2n) is 5.07. The number of benzene rings is 1. The molecule has 0 amide bonds. The molecular weight excluding hydrogens is 218 g/mol. The van der Waals surface area contributed by atoms with E-state index in [0.29, 0.717) is 12.0 Å². The maximum absolute atomic E-state index is 5.92. The molecule has 88 valence electrons. The molecule has 2 rings (SSSR count). The van der Waals surface area contributed by atoms with E-state index < -0.39 is 0 Å². The van der Waals surface area contributed by atoms with Gasteiger partial charge in [-0.15, -0.1) is 0 Å². The first-order valence-electron chi connectivity index (χ1n) is 6.18. The van der Waals surface area contributed by atoms with Gasteiger partial charge in [0, 0.05) is 17.1 Å². The minimum Gasteiger partial charge on any atom is -0.307 e. The molecule has 1 unspecified atom stereocenters. The molecule has 1 N–H and O–H groups in total. The van der Waals surface area contributed by atoms with E-state index in [0.717, 1.165) is 11.1 Å². The van der Waals surface area contributed by atoms with Crippen molar-refractivity contribution in [1.82, 2.24) is 5.32 Å². The van der Waals surface area contributed by atoms with E-state index in [2.05, 4.69) is 31.3 Å². The molecular formula is C14H20ClN. The van der Waals surface area contributed by atoms with Gasteiger partial charge in [-0.3, -0.25) is 0 Å². The van der Waals surface area contributed by atoms with Crippen molar-refractivity contribution in [2.24, 2.45) is 5.92 Å². The Labute approximate surface area is 103 Å². The SMILES string of the molecule is CC(C)C(NC1CCC1)c1ccc(Cl)cc1. The lowest BCUT2D eigenvalue weighted by molar-refractivity contribution is 0.272. The molecule has 0 aromatic heterocycles. The summed E-state index contributed by atoms with van der Waals surface area (Å²) in [6.07, 6.45) is 4.04. The first-order valence-corrected chi connectivity index (χ1v) is 6.56. The lowest BCUT2D eigenvalue weighted by atomic mass is 9.88. The van der Waals surface area contributed by atoms with E-state index >= 15 is 0 Å². The minimum absolute atomic E-state index is 0.461. The third kappa shape index (κ3) is 2.78. The molecule has 0 spiro atoms. The number of halogens is 1. The quantitative estimate of drug-likeness (QED) is 0.829. The summed E-state index contributed by atoms with van der Waals surface area (Å²) in [5.41, 5.74) is 1.35. The zero-order valence-corrected chi connectivity index (χ0v) is 10.8. The van der Waals surface area contributed by atoms with Crippen molar-refractivity contribution >= 4 is 11.6 Å². The Kier molecular flexibility index (Phi) is 3.88. The molecule has 1 aliphatic rings. The van der Waals surface area contributed by atoms with Crippen LogP contribution in [0.3, 0.4) is 0 Å². The lowest BCUT2D eigenvalue weighted by Gasteiger charge is -2.33. The molecule has 1 nitrogen and oxygen atoms in total. The molecule has 1 aliphatic carbocycles. The van der Waals surface area contributed by atoms with Gasteiger partial charge in [-0.05, 0) is 36.5 Å². The molecule has 0 aliphatic heterocycles. The van der Waals surface area contributed by atoms with Crippen molar-refractivity contribution in [3.63, 3.8) is 0 Å². The zero-order chi connectivity index (χ0) is 11.5. The molecule has 0 bridgehead atoms. The predicted octanol–water partition coefficient (Wildman–Crippen LogP) is 4.18. The van der Waals surface area contributed by atoms with Crippen LogP contribution in [-0.2, 0) is 0 Å². The Morgan fingerprint density at radius 2 is 1.81 bits per heavy atom. The van der Waals surface area contributed by atoms with Gasteiger partial charge in [-0.1, -0.05) is 44.0 Å². The summed E-state index contributed by atoms with van der Waals surface area (Å²) in [5, 5.41) is 4.56. The Morgan fingerprint density at radius 3 is 2.25 bits per heavy atom. The van der Waals surface area contributed by atoms with Gasteiger partial charge in [-0.2, -0.15) is 0 Å². The highest BCUT2D eigenvalue weighted by Gasteiger charge is 2.23. The number of hydrogen-bond donors (Lipinski definition) is 1. The summed E-state index contributed by atoms with van der Waals surface area (Å²) in [7, 11) is 0. The summed E-state index contributed by atoms with van der Waals surface area (Å²) in [4.78, 5) is 0. The van der Waals surface area contributed by atoms with E-state index in [1.807, 2.05) is 12.1 Å². The van der Waals surface area contributed by atoms with E-state index in [9.17, 15) is 0 Å². The van der Waals surface area contributed by atoms with Gasteiger partial charge in [0.2, 0.25) is 0 Å². The highest BCUT2D eigenvalue weighted by Crippen LogP contribution is 2.28. The summed E-state index contributed by atoms with van der Waals surface area (Å²) in [5.74, 6) is 0.613. The molecule has 1 atom stereocenters. The number of rotatable bonds is 4. The largest absolute Gasteiger partial charge is 0.307 e. The average Bonchev–Trinajstić information content (AvgIpc) is 2.18. The topological polar surface area (TPSA) is 12.0 Å². The van der Waals surface area contributed by atoms with Crippen LogP contribution in [0, 0.1) is 5.92 Å². The smallest absolute Gasteiger partial charge is 0.0406 e. The minimum atomic E-state index is 0.461. The summed E-state index contributed by atoms with van der Waals surface area (Å²) in [6, 6.07) is 9.42. The number of hydrogen-bond acceptors (Lipinski definition) is 1. The first kappa shape index (κ1) is 11.9. The Hall–Kier alpha value is -0.530. The second kappa shape index (κ2) is 5.20. The van der Waals surface area contributed by atoms with Crippen LogP contribution < -0.4 is 5.32 Å². The Balaban J connectivity index is 2.08. The maximum atomic E-state index is 5.92. The fraction of sp³-hybridized carbons (Fsp3) is 0.571. The highest BCUT2D eigenvalue weighted by molar-refractivity contribution is 6.30. The summed E-state index contributed by atoms with van der Waals surface area (Å²) in [6.45, 7) is 4.54. The molecule has 0 radical (unpaired) electrons. The van der Waals surface area contributed by atoms with Gasteiger partial charge in [0.05, 0.1) is 0 Å². The first-order chi connectivity index (χ1) is 7.66. The summed E-state index contributed by atoms with van der Waals surface area (Å²) >= 11 is 5.92. The fourth-order valence-electron chi connectivity index (χ4n) is 2.17. The molecule has 1 aromatic carbocycles. The van der Waals surface area contributed by atoms with Crippen LogP contribution in [-0.4, -0.2) is 6.04 Å².